The first kappa shape index (κ1) is 14.1. The normalized spacial score (nSPS) is 10.1. The van der Waals surface area contributed by atoms with Crippen LogP contribution in [0.3, 0.4) is 0 Å². The van der Waals surface area contributed by atoms with Gasteiger partial charge < -0.3 is 20.1 Å². The first-order valence-electron chi connectivity index (χ1n) is 3.88. The second-order valence-electron chi connectivity index (χ2n) is 2.56. The number of aldehydes is 1. The molecule has 0 fully saturated rings. The van der Waals surface area contributed by atoms with Crippen LogP contribution in [0.1, 0.15) is 20.3 Å². The number of hydrogen-bond donors (Lipinski definition) is 3. The third kappa shape index (κ3) is 5.23. The third-order valence-corrected chi connectivity index (χ3v) is 1.76. The van der Waals surface area contributed by atoms with Gasteiger partial charge in [-0.25, -0.2) is 0 Å². The van der Waals surface area contributed by atoms with Gasteiger partial charge in [0.15, 0.2) is 0 Å². The van der Waals surface area contributed by atoms with E-state index in [-0.39, 0.29) is 19.8 Å². The van der Waals surface area contributed by atoms with E-state index < -0.39 is 5.41 Å². The van der Waals surface area contributed by atoms with Gasteiger partial charge in [0.1, 0.15) is 6.29 Å². The molecular weight excluding hydrogens is 160 g/mol. The zero-order chi connectivity index (χ0) is 10.0. The Labute approximate surface area is 72.8 Å². The number of hydrogen-bond acceptors (Lipinski definition) is 4. The van der Waals surface area contributed by atoms with Crippen molar-refractivity contribution in [3.8, 4) is 0 Å². The van der Waals surface area contributed by atoms with Crippen LogP contribution < -0.4 is 0 Å². The average Bonchev–Trinajstić information content (AvgIpc) is 2.11. The van der Waals surface area contributed by atoms with Gasteiger partial charge in [-0.3, -0.25) is 0 Å². The molecule has 0 heterocycles. The van der Waals surface area contributed by atoms with Crippen LogP contribution in [-0.4, -0.2) is 41.4 Å². The minimum atomic E-state index is -0.667. The molecule has 3 N–H and O–H groups in total. The van der Waals surface area contributed by atoms with Crippen molar-refractivity contribution < 1.29 is 20.1 Å². The fraction of sp³-hybridized carbons (Fsp3) is 0.875. The highest BCUT2D eigenvalue weighted by Gasteiger charge is 2.24. The third-order valence-electron chi connectivity index (χ3n) is 1.76. The molecule has 0 aliphatic heterocycles. The van der Waals surface area contributed by atoms with Crippen molar-refractivity contribution in [3.63, 3.8) is 0 Å². The van der Waals surface area contributed by atoms with Crippen molar-refractivity contribution in [3.05, 3.63) is 0 Å². The number of aliphatic hydroxyl groups excluding tert-OH is 3. The van der Waals surface area contributed by atoms with E-state index in [1.165, 1.54) is 6.92 Å². The standard InChI is InChI=1S/C6H14O3.C2H4O/c1-2-6(3-7,4-8)5-9;1-2-3/h7-9H,2-5H2,1H3;2H,1H3. The summed E-state index contributed by atoms with van der Waals surface area (Å²) in [5.41, 5.74) is -0.667. The summed E-state index contributed by atoms with van der Waals surface area (Å²) in [5.74, 6) is 0. The summed E-state index contributed by atoms with van der Waals surface area (Å²) >= 11 is 0. The molecule has 0 bridgehead atoms. The van der Waals surface area contributed by atoms with Gasteiger partial charge in [0.2, 0.25) is 0 Å². The van der Waals surface area contributed by atoms with Crippen LogP contribution >= 0.6 is 0 Å². The van der Waals surface area contributed by atoms with E-state index in [1.807, 2.05) is 6.92 Å². The topological polar surface area (TPSA) is 77.8 Å². The molecule has 0 spiro atoms. The molecule has 0 amide bonds. The van der Waals surface area contributed by atoms with Crippen LogP contribution in [0.4, 0.5) is 0 Å². The van der Waals surface area contributed by atoms with E-state index in [1.54, 1.807) is 0 Å². The summed E-state index contributed by atoms with van der Waals surface area (Å²) < 4.78 is 0. The molecule has 0 radical (unpaired) electrons. The maximum Gasteiger partial charge on any atom is 0.116 e. The Balaban J connectivity index is 0. The predicted molar refractivity (Wildman–Crippen MR) is 45.7 cm³/mol. The molecular formula is C8H18O4. The van der Waals surface area contributed by atoms with Gasteiger partial charge in [-0.05, 0) is 13.3 Å². The van der Waals surface area contributed by atoms with Crippen molar-refractivity contribution in [2.75, 3.05) is 19.8 Å². The monoisotopic (exact) mass is 178 g/mol. The van der Waals surface area contributed by atoms with Gasteiger partial charge in [0.05, 0.1) is 19.8 Å². The SMILES string of the molecule is CC=O.CCC(CO)(CO)CO. The molecule has 0 atom stereocenters. The van der Waals surface area contributed by atoms with Crippen molar-refractivity contribution in [1.29, 1.82) is 0 Å². The molecule has 0 unspecified atom stereocenters. The quantitative estimate of drug-likeness (QED) is 0.510. The molecule has 4 heteroatoms. The number of carbonyl (C=O) groups is 1. The maximum absolute atomic E-state index is 8.81. The first-order chi connectivity index (χ1) is 5.66. The zero-order valence-corrected chi connectivity index (χ0v) is 7.66. The van der Waals surface area contributed by atoms with E-state index in [2.05, 4.69) is 0 Å². The van der Waals surface area contributed by atoms with Crippen molar-refractivity contribution >= 4 is 6.29 Å². The largest absolute Gasteiger partial charge is 0.396 e. The maximum atomic E-state index is 8.81. The molecule has 4 nitrogen and oxygen atoms in total. The van der Waals surface area contributed by atoms with Crippen molar-refractivity contribution in [2.45, 2.75) is 20.3 Å². The highest BCUT2D eigenvalue weighted by atomic mass is 16.3. The fourth-order valence-electron chi connectivity index (χ4n) is 0.485. The molecule has 0 rings (SSSR count). The molecule has 0 aromatic carbocycles. The van der Waals surface area contributed by atoms with Crippen LogP contribution in [0, 0.1) is 5.41 Å². The lowest BCUT2D eigenvalue weighted by molar-refractivity contribution is -0.106. The first-order valence-corrected chi connectivity index (χ1v) is 3.88. The number of carbonyl (C=O) groups excluding carboxylic acids is 1. The molecule has 12 heavy (non-hydrogen) atoms. The van der Waals surface area contributed by atoms with Crippen molar-refractivity contribution in [2.24, 2.45) is 5.41 Å². The van der Waals surface area contributed by atoms with Crippen LogP contribution in [0.25, 0.3) is 0 Å². The highest BCUT2D eigenvalue weighted by molar-refractivity contribution is 5.44. The zero-order valence-electron chi connectivity index (χ0n) is 7.66. The van der Waals surface area contributed by atoms with Gasteiger partial charge >= 0.3 is 0 Å². The summed E-state index contributed by atoms with van der Waals surface area (Å²) in [6.45, 7) is 2.80. The van der Waals surface area contributed by atoms with Gasteiger partial charge in [-0.1, -0.05) is 6.92 Å². The van der Waals surface area contributed by atoms with E-state index in [4.69, 9.17) is 20.1 Å². The highest BCUT2D eigenvalue weighted by Crippen LogP contribution is 2.18. The molecule has 0 aliphatic rings. The molecule has 0 saturated heterocycles. The second kappa shape index (κ2) is 8.64. The molecule has 0 aromatic rings. The lowest BCUT2D eigenvalue weighted by Gasteiger charge is -2.24. The molecule has 0 aromatic heterocycles. The van der Waals surface area contributed by atoms with Crippen LogP contribution in [0.5, 0.6) is 0 Å². The Morgan fingerprint density at radius 3 is 1.42 bits per heavy atom. The summed E-state index contributed by atoms with van der Waals surface area (Å²) in [4.78, 5) is 8.81. The van der Waals surface area contributed by atoms with Crippen molar-refractivity contribution in [1.82, 2.24) is 0 Å². The Bertz CT molecular complexity index is 81.7. The summed E-state index contributed by atoms with van der Waals surface area (Å²) in [6.07, 6.45) is 1.34. The average molecular weight is 178 g/mol. The smallest absolute Gasteiger partial charge is 0.116 e. The lowest BCUT2D eigenvalue weighted by Crippen LogP contribution is -2.32. The molecule has 0 saturated carbocycles. The number of aliphatic hydroxyl groups is 3. The summed E-state index contributed by atoms with van der Waals surface area (Å²) in [5, 5.41) is 26.0. The van der Waals surface area contributed by atoms with Gasteiger partial charge in [-0.2, -0.15) is 0 Å². The predicted octanol–water partition coefficient (Wildman–Crippen LogP) is -0.435. The van der Waals surface area contributed by atoms with E-state index in [9.17, 15) is 0 Å². The van der Waals surface area contributed by atoms with Gasteiger partial charge in [0.25, 0.3) is 0 Å². The number of rotatable bonds is 4. The van der Waals surface area contributed by atoms with E-state index in [0.717, 1.165) is 6.29 Å². The molecule has 0 aliphatic carbocycles. The Morgan fingerprint density at radius 1 is 1.17 bits per heavy atom. The van der Waals surface area contributed by atoms with Crippen LogP contribution in [0.2, 0.25) is 0 Å². The van der Waals surface area contributed by atoms with E-state index in [0.29, 0.717) is 6.42 Å². The van der Waals surface area contributed by atoms with Crippen LogP contribution in [0.15, 0.2) is 0 Å². The van der Waals surface area contributed by atoms with Crippen LogP contribution in [-0.2, 0) is 4.79 Å². The minimum absolute atomic E-state index is 0.156. The Morgan fingerprint density at radius 2 is 1.42 bits per heavy atom. The Hall–Kier alpha value is -0.450. The minimum Gasteiger partial charge on any atom is -0.396 e. The second-order valence-corrected chi connectivity index (χ2v) is 2.56. The van der Waals surface area contributed by atoms with Gasteiger partial charge in [0, 0.05) is 5.41 Å². The lowest BCUT2D eigenvalue weighted by atomic mass is 9.88. The molecule has 74 valence electrons. The van der Waals surface area contributed by atoms with E-state index >= 15 is 0 Å². The summed E-state index contributed by atoms with van der Waals surface area (Å²) in [6, 6.07) is 0. The van der Waals surface area contributed by atoms with Gasteiger partial charge in [-0.15, -0.1) is 0 Å². The Kier molecular flexibility index (Phi) is 10.2. The fourth-order valence-corrected chi connectivity index (χ4v) is 0.485. The summed E-state index contributed by atoms with van der Waals surface area (Å²) in [7, 11) is 0.